The maximum absolute atomic E-state index is 12.2. The number of carbonyl (C=O) groups is 1. The van der Waals surface area contributed by atoms with Crippen molar-refractivity contribution in [3.05, 3.63) is 59.7 Å². The summed E-state index contributed by atoms with van der Waals surface area (Å²) < 4.78 is 31.9. The van der Waals surface area contributed by atoms with E-state index in [1.54, 1.807) is 24.3 Å². The van der Waals surface area contributed by atoms with Crippen molar-refractivity contribution >= 4 is 15.9 Å². The van der Waals surface area contributed by atoms with Crippen molar-refractivity contribution in [3.8, 4) is 5.75 Å². The normalized spacial score (nSPS) is 11.9. The fraction of sp³-hybridized carbons (Fsp3) is 0.350. The lowest BCUT2D eigenvalue weighted by Gasteiger charge is -2.19. The van der Waals surface area contributed by atoms with Gasteiger partial charge in [0.2, 0.25) is 10.0 Å². The van der Waals surface area contributed by atoms with Crippen LogP contribution in [0.5, 0.6) is 5.75 Å². The number of ether oxygens (including phenoxy) is 1. The van der Waals surface area contributed by atoms with Crippen molar-refractivity contribution in [1.82, 2.24) is 10.0 Å². The average Bonchev–Trinajstić information content (AvgIpc) is 2.64. The van der Waals surface area contributed by atoms with Gasteiger partial charge in [-0.25, -0.2) is 13.1 Å². The van der Waals surface area contributed by atoms with E-state index in [1.807, 2.05) is 12.1 Å². The molecule has 0 spiro atoms. The molecule has 1 amide bonds. The Morgan fingerprint density at radius 2 is 1.56 bits per heavy atom. The topological polar surface area (TPSA) is 84.5 Å². The molecule has 0 aliphatic heterocycles. The van der Waals surface area contributed by atoms with E-state index in [0.717, 1.165) is 5.56 Å². The predicted octanol–water partition coefficient (Wildman–Crippen LogP) is 2.70. The number of rotatable bonds is 7. The molecule has 0 unspecified atom stereocenters. The van der Waals surface area contributed by atoms with Gasteiger partial charge < -0.3 is 10.1 Å². The van der Waals surface area contributed by atoms with E-state index in [0.29, 0.717) is 11.3 Å². The van der Waals surface area contributed by atoms with E-state index in [-0.39, 0.29) is 29.3 Å². The summed E-state index contributed by atoms with van der Waals surface area (Å²) in [6.07, 6.45) is 0. The number of hydrogen-bond donors (Lipinski definition) is 2. The number of hydrogen-bond acceptors (Lipinski definition) is 4. The lowest BCUT2D eigenvalue weighted by molar-refractivity contribution is 0.0954. The second-order valence-corrected chi connectivity index (χ2v) is 8.92. The zero-order chi connectivity index (χ0) is 20.1. The molecule has 6 nitrogen and oxygen atoms in total. The highest BCUT2D eigenvalue weighted by atomic mass is 32.2. The maximum Gasteiger partial charge on any atom is 0.251 e. The maximum atomic E-state index is 12.2. The molecular weight excluding hydrogens is 364 g/mol. The van der Waals surface area contributed by atoms with E-state index in [1.165, 1.54) is 19.2 Å². The molecule has 0 saturated heterocycles. The van der Waals surface area contributed by atoms with Crippen molar-refractivity contribution in [2.24, 2.45) is 0 Å². The summed E-state index contributed by atoms with van der Waals surface area (Å²) in [4.78, 5) is 12.3. The van der Waals surface area contributed by atoms with Gasteiger partial charge in [-0.05, 0) is 47.4 Å². The second kappa shape index (κ2) is 8.54. The fourth-order valence-electron chi connectivity index (χ4n) is 2.42. The van der Waals surface area contributed by atoms with Crippen molar-refractivity contribution < 1.29 is 17.9 Å². The first-order chi connectivity index (χ1) is 12.6. The van der Waals surface area contributed by atoms with E-state index in [9.17, 15) is 13.2 Å². The first-order valence-corrected chi connectivity index (χ1v) is 10.1. The van der Waals surface area contributed by atoms with E-state index in [2.05, 4.69) is 30.8 Å². The number of benzene rings is 2. The summed E-state index contributed by atoms with van der Waals surface area (Å²) >= 11 is 0. The van der Waals surface area contributed by atoms with Crippen molar-refractivity contribution in [2.75, 3.05) is 20.2 Å². The monoisotopic (exact) mass is 390 g/mol. The molecule has 7 heteroatoms. The molecule has 0 heterocycles. The summed E-state index contributed by atoms with van der Waals surface area (Å²) in [5, 5.41) is 2.71. The van der Waals surface area contributed by atoms with Crippen LogP contribution in [0.1, 0.15) is 36.7 Å². The predicted molar refractivity (Wildman–Crippen MR) is 106 cm³/mol. The minimum absolute atomic E-state index is 0.0226. The summed E-state index contributed by atoms with van der Waals surface area (Å²) in [7, 11) is -2.11. The molecule has 2 N–H and O–H groups in total. The third kappa shape index (κ3) is 5.80. The van der Waals surface area contributed by atoms with E-state index in [4.69, 9.17) is 4.74 Å². The Labute approximate surface area is 161 Å². The first-order valence-electron chi connectivity index (χ1n) is 8.66. The quantitative estimate of drug-likeness (QED) is 0.712. The van der Waals surface area contributed by atoms with Gasteiger partial charge >= 0.3 is 0 Å². The third-order valence-corrected chi connectivity index (χ3v) is 5.56. The molecule has 27 heavy (non-hydrogen) atoms. The summed E-state index contributed by atoms with van der Waals surface area (Å²) in [6.45, 7) is 6.61. The minimum atomic E-state index is -3.63. The van der Waals surface area contributed by atoms with Crippen molar-refractivity contribution in [1.29, 1.82) is 0 Å². The molecule has 0 aliphatic rings. The fourth-order valence-corrected chi connectivity index (χ4v) is 3.46. The Bertz CT molecular complexity index is 868. The Hall–Kier alpha value is -2.38. The number of carbonyl (C=O) groups excluding carboxylic acids is 1. The second-order valence-electron chi connectivity index (χ2n) is 7.16. The van der Waals surface area contributed by atoms with Crippen LogP contribution < -0.4 is 14.8 Å². The SMILES string of the molecule is COc1ccc(S(=O)(=O)NCCNC(=O)c2ccc(C(C)(C)C)cc2)cc1. The lowest BCUT2D eigenvalue weighted by Crippen LogP contribution is -2.34. The van der Waals surface area contributed by atoms with Gasteiger partial charge in [0, 0.05) is 18.7 Å². The van der Waals surface area contributed by atoms with Gasteiger partial charge in [0.25, 0.3) is 5.91 Å². The van der Waals surface area contributed by atoms with Crippen LogP contribution in [0.15, 0.2) is 53.4 Å². The molecule has 2 aromatic carbocycles. The zero-order valence-electron chi connectivity index (χ0n) is 16.1. The minimum Gasteiger partial charge on any atom is -0.497 e. The standard InChI is InChI=1S/C20H26N2O4S/c1-20(2,3)16-7-5-15(6-8-16)19(23)21-13-14-22-27(24,25)18-11-9-17(26-4)10-12-18/h5-12,22H,13-14H2,1-4H3,(H,21,23). The Balaban J connectivity index is 1.85. The number of sulfonamides is 1. The molecule has 0 radical (unpaired) electrons. The Morgan fingerprint density at radius 1 is 0.963 bits per heavy atom. The lowest BCUT2D eigenvalue weighted by atomic mass is 9.87. The highest BCUT2D eigenvalue weighted by Gasteiger charge is 2.15. The molecule has 146 valence electrons. The van der Waals surface area contributed by atoms with Crippen molar-refractivity contribution in [2.45, 2.75) is 31.1 Å². The summed E-state index contributed by atoms with van der Waals surface area (Å²) in [5.74, 6) is 0.345. The van der Waals surface area contributed by atoms with Gasteiger partial charge in [-0.3, -0.25) is 4.79 Å². The third-order valence-electron chi connectivity index (χ3n) is 4.09. The highest BCUT2D eigenvalue weighted by molar-refractivity contribution is 7.89. The Kier molecular flexibility index (Phi) is 6.62. The number of methoxy groups -OCH3 is 1. The Morgan fingerprint density at radius 3 is 2.07 bits per heavy atom. The van der Waals surface area contributed by atoms with Crippen molar-refractivity contribution in [3.63, 3.8) is 0 Å². The molecule has 0 atom stereocenters. The zero-order valence-corrected chi connectivity index (χ0v) is 16.9. The molecular formula is C20H26N2O4S. The van der Waals surface area contributed by atoms with Crippen LogP contribution in [-0.2, 0) is 15.4 Å². The largest absolute Gasteiger partial charge is 0.497 e. The molecule has 2 aromatic rings. The van der Waals surface area contributed by atoms with Gasteiger partial charge in [0.05, 0.1) is 12.0 Å². The smallest absolute Gasteiger partial charge is 0.251 e. The number of nitrogens with one attached hydrogen (secondary N) is 2. The first kappa shape index (κ1) is 20.9. The van der Waals surface area contributed by atoms with Crippen LogP contribution in [0, 0.1) is 0 Å². The molecule has 0 aliphatic carbocycles. The highest BCUT2D eigenvalue weighted by Crippen LogP contribution is 2.22. The van der Waals surface area contributed by atoms with Gasteiger partial charge in [-0.1, -0.05) is 32.9 Å². The summed E-state index contributed by atoms with van der Waals surface area (Å²) in [5.41, 5.74) is 1.71. The van der Waals surface area contributed by atoms with Gasteiger partial charge in [-0.15, -0.1) is 0 Å². The average molecular weight is 391 g/mol. The van der Waals surface area contributed by atoms with Gasteiger partial charge in [0.1, 0.15) is 5.75 Å². The molecule has 0 saturated carbocycles. The van der Waals surface area contributed by atoms with Crippen LogP contribution in [-0.4, -0.2) is 34.5 Å². The van der Waals surface area contributed by atoms with Crippen LogP contribution in [0.2, 0.25) is 0 Å². The van der Waals surface area contributed by atoms with E-state index >= 15 is 0 Å². The number of amides is 1. The van der Waals surface area contributed by atoms with E-state index < -0.39 is 10.0 Å². The summed E-state index contributed by atoms with van der Waals surface area (Å²) in [6, 6.07) is 13.5. The van der Waals surface area contributed by atoms with Crippen LogP contribution in [0.4, 0.5) is 0 Å². The molecule has 0 fully saturated rings. The van der Waals surface area contributed by atoms with Crippen LogP contribution >= 0.6 is 0 Å². The molecule has 0 bridgehead atoms. The van der Waals surface area contributed by atoms with Crippen LogP contribution in [0.25, 0.3) is 0 Å². The van der Waals surface area contributed by atoms with Crippen LogP contribution in [0.3, 0.4) is 0 Å². The molecule has 2 rings (SSSR count). The molecule has 0 aromatic heterocycles. The van der Waals surface area contributed by atoms with Gasteiger partial charge in [-0.2, -0.15) is 0 Å². The van der Waals surface area contributed by atoms with Gasteiger partial charge in [0.15, 0.2) is 0 Å².